The highest BCUT2D eigenvalue weighted by Gasteiger charge is 2.59. The second-order valence-corrected chi connectivity index (χ2v) is 11.1. The molecular formula is C21H24ClO5P. The second kappa shape index (κ2) is 6.89. The maximum atomic E-state index is 14.5. The lowest BCUT2D eigenvalue weighted by Gasteiger charge is -2.48. The molecule has 0 saturated heterocycles. The van der Waals surface area contributed by atoms with E-state index in [0.29, 0.717) is 5.03 Å². The highest BCUT2D eigenvalue weighted by Crippen LogP contribution is 2.68. The Bertz CT molecular complexity index is 983. The summed E-state index contributed by atoms with van der Waals surface area (Å²) in [7, 11) is -0.667. The first-order valence-electron chi connectivity index (χ1n) is 8.97. The molecule has 0 amide bonds. The summed E-state index contributed by atoms with van der Waals surface area (Å²) >= 11 is 6.53. The van der Waals surface area contributed by atoms with Crippen molar-refractivity contribution in [2.24, 2.45) is 5.41 Å². The number of esters is 2. The molecule has 3 aliphatic rings. The van der Waals surface area contributed by atoms with E-state index in [1.807, 2.05) is 32.9 Å². The molecule has 0 fully saturated rings. The van der Waals surface area contributed by atoms with Gasteiger partial charge in [-0.3, -0.25) is 0 Å². The molecule has 150 valence electrons. The number of rotatable bonds is 3. The number of aryl methyl sites for hydroxylation is 3. The van der Waals surface area contributed by atoms with Crippen LogP contribution in [0.2, 0.25) is 0 Å². The van der Waals surface area contributed by atoms with E-state index in [2.05, 4.69) is 0 Å². The maximum absolute atomic E-state index is 14.5. The summed E-state index contributed by atoms with van der Waals surface area (Å²) in [6.07, 6.45) is 1.82. The molecule has 5 nitrogen and oxygen atoms in total. The molecule has 0 aromatic heterocycles. The van der Waals surface area contributed by atoms with Crippen molar-refractivity contribution in [1.29, 1.82) is 0 Å². The molecule has 2 aliphatic heterocycles. The first kappa shape index (κ1) is 20.9. The molecule has 3 atom stereocenters. The van der Waals surface area contributed by atoms with Gasteiger partial charge in [0.05, 0.1) is 31.0 Å². The average molecular weight is 423 g/mol. The molecule has 4 rings (SSSR count). The van der Waals surface area contributed by atoms with Crippen LogP contribution >= 0.6 is 18.7 Å². The van der Waals surface area contributed by atoms with Crippen molar-refractivity contribution in [3.8, 4) is 0 Å². The highest BCUT2D eigenvalue weighted by molar-refractivity contribution is 7.73. The van der Waals surface area contributed by atoms with E-state index in [-0.39, 0.29) is 17.3 Å². The number of hydrogen-bond donors (Lipinski definition) is 0. The van der Waals surface area contributed by atoms with Crippen LogP contribution < -0.4 is 5.30 Å². The van der Waals surface area contributed by atoms with Crippen LogP contribution in [0.1, 0.15) is 23.6 Å². The number of fused-ring (bicyclic) bond motifs is 1. The molecular weight excluding hydrogens is 399 g/mol. The Morgan fingerprint density at radius 3 is 2.14 bits per heavy atom. The van der Waals surface area contributed by atoms with Gasteiger partial charge in [-0.05, 0) is 38.8 Å². The molecule has 1 aromatic rings. The normalized spacial score (nSPS) is 28.8. The predicted octanol–water partition coefficient (Wildman–Crippen LogP) is 3.77. The van der Waals surface area contributed by atoms with Crippen LogP contribution in [-0.2, 0) is 23.6 Å². The fourth-order valence-electron chi connectivity index (χ4n) is 4.78. The van der Waals surface area contributed by atoms with Gasteiger partial charge in [0, 0.05) is 21.9 Å². The fourth-order valence-corrected chi connectivity index (χ4v) is 9.51. The molecule has 1 aliphatic carbocycles. The summed E-state index contributed by atoms with van der Waals surface area (Å²) in [5, 5.41) is 1.15. The van der Waals surface area contributed by atoms with Gasteiger partial charge in [-0.1, -0.05) is 35.4 Å². The van der Waals surface area contributed by atoms with Gasteiger partial charge in [0.2, 0.25) is 0 Å². The Balaban J connectivity index is 2.37. The Labute approximate surface area is 170 Å². The lowest BCUT2D eigenvalue weighted by atomic mass is 9.75. The third-order valence-corrected chi connectivity index (χ3v) is 10.2. The van der Waals surface area contributed by atoms with Crippen LogP contribution in [0.4, 0.5) is 0 Å². The van der Waals surface area contributed by atoms with Crippen LogP contribution in [0.3, 0.4) is 0 Å². The summed E-state index contributed by atoms with van der Waals surface area (Å²) in [4.78, 5) is 25.3. The summed E-state index contributed by atoms with van der Waals surface area (Å²) in [5.41, 5.74) is 1.24. The molecule has 1 aromatic carbocycles. The second-order valence-electron chi connectivity index (χ2n) is 7.76. The summed E-state index contributed by atoms with van der Waals surface area (Å²) in [6, 6.07) is 3.97. The monoisotopic (exact) mass is 422 g/mol. The summed E-state index contributed by atoms with van der Waals surface area (Å²) < 4.78 is 24.4. The van der Waals surface area contributed by atoms with E-state index in [9.17, 15) is 14.2 Å². The van der Waals surface area contributed by atoms with Gasteiger partial charge in [-0.2, -0.15) is 0 Å². The van der Waals surface area contributed by atoms with Crippen LogP contribution in [0, 0.1) is 26.2 Å². The number of halogens is 1. The predicted molar refractivity (Wildman–Crippen MR) is 110 cm³/mol. The third-order valence-electron chi connectivity index (χ3n) is 5.76. The van der Waals surface area contributed by atoms with Crippen LogP contribution in [0.15, 0.2) is 34.4 Å². The Morgan fingerprint density at radius 2 is 1.64 bits per heavy atom. The van der Waals surface area contributed by atoms with Crippen molar-refractivity contribution in [3.63, 3.8) is 0 Å². The van der Waals surface area contributed by atoms with Crippen molar-refractivity contribution in [2.45, 2.75) is 33.4 Å². The van der Waals surface area contributed by atoms with Crippen LogP contribution in [-0.4, -0.2) is 38.0 Å². The van der Waals surface area contributed by atoms with Gasteiger partial charge in [0.15, 0.2) is 0 Å². The standard InChI is InChI=1S/C21H24ClO5P/c1-11-7-12(2)18(13(3)8-11)28(25)10-21(4)15(22)9-14(28)16(19(23)26-5)17(21)20(24)27-6/h7-9,14H,10H2,1-6H3/t14-,21+,28?/m0/s1. The molecule has 7 heteroatoms. The molecule has 2 bridgehead atoms. The number of hydrogen-bond acceptors (Lipinski definition) is 5. The lowest BCUT2D eigenvalue weighted by Crippen LogP contribution is -2.47. The minimum Gasteiger partial charge on any atom is -0.466 e. The topological polar surface area (TPSA) is 69.7 Å². The van der Waals surface area contributed by atoms with Gasteiger partial charge in [-0.15, -0.1) is 0 Å². The number of carbonyl (C=O) groups excluding carboxylic acids is 2. The van der Waals surface area contributed by atoms with E-state index in [0.717, 1.165) is 22.0 Å². The van der Waals surface area contributed by atoms with Gasteiger partial charge in [0.25, 0.3) is 0 Å². The molecule has 0 spiro atoms. The van der Waals surface area contributed by atoms with Crippen molar-refractivity contribution in [2.75, 3.05) is 20.4 Å². The summed E-state index contributed by atoms with van der Waals surface area (Å²) in [6.45, 7) is 7.57. The molecule has 2 heterocycles. The Morgan fingerprint density at radius 1 is 1.11 bits per heavy atom. The van der Waals surface area contributed by atoms with E-state index in [4.69, 9.17) is 21.1 Å². The number of carbonyl (C=O) groups is 2. The number of benzene rings is 1. The van der Waals surface area contributed by atoms with Gasteiger partial charge >= 0.3 is 11.9 Å². The lowest BCUT2D eigenvalue weighted by molar-refractivity contribution is -0.140. The van der Waals surface area contributed by atoms with Crippen molar-refractivity contribution >= 4 is 36.0 Å². The number of methoxy groups -OCH3 is 2. The summed E-state index contributed by atoms with van der Waals surface area (Å²) in [5.74, 6) is -1.33. The van der Waals surface area contributed by atoms with E-state index in [1.165, 1.54) is 14.2 Å². The largest absolute Gasteiger partial charge is 0.466 e. The minimum atomic E-state index is -3.16. The zero-order valence-corrected chi connectivity index (χ0v) is 18.5. The van der Waals surface area contributed by atoms with E-state index in [1.54, 1.807) is 13.0 Å². The SMILES string of the molecule is COC(=O)C1=C(C(=O)OC)[C@]2(C)CP(=O)(c3c(C)cc(C)cc3C)[C@H]1C=C2Cl. The van der Waals surface area contributed by atoms with Crippen LogP contribution in [0.5, 0.6) is 0 Å². The average Bonchev–Trinajstić information content (AvgIpc) is 2.60. The molecule has 28 heavy (non-hydrogen) atoms. The third kappa shape index (κ3) is 2.79. The van der Waals surface area contributed by atoms with Crippen molar-refractivity contribution in [1.82, 2.24) is 0 Å². The zero-order chi connectivity index (χ0) is 21.0. The minimum absolute atomic E-state index is 0.0928. The van der Waals surface area contributed by atoms with Gasteiger partial charge in [-0.25, -0.2) is 9.59 Å². The fraction of sp³-hybridized carbons (Fsp3) is 0.429. The zero-order valence-electron chi connectivity index (χ0n) is 16.9. The quantitative estimate of drug-likeness (QED) is 0.548. The molecule has 0 radical (unpaired) electrons. The van der Waals surface area contributed by atoms with Gasteiger partial charge < -0.3 is 14.0 Å². The van der Waals surface area contributed by atoms with Crippen molar-refractivity contribution in [3.05, 3.63) is 51.1 Å². The molecule has 0 N–H and O–H groups in total. The Kier molecular flexibility index (Phi) is 5.14. The number of allylic oxidation sites excluding steroid dienone is 2. The number of ether oxygens (including phenoxy) is 2. The van der Waals surface area contributed by atoms with E-state index < -0.39 is 30.2 Å². The van der Waals surface area contributed by atoms with Gasteiger partial charge in [0.1, 0.15) is 7.14 Å². The van der Waals surface area contributed by atoms with E-state index >= 15 is 0 Å². The maximum Gasteiger partial charge on any atom is 0.335 e. The smallest absolute Gasteiger partial charge is 0.335 e. The first-order chi connectivity index (χ1) is 13.0. The molecule has 1 unspecified atom stereocenters. The molecule has 0 saturated carbocycles. The Hall–Kier alpha value is -1.84. The van der Waals surface area contributed by atoms with Crippen molar-refractivity contribution < 1.29 is 23.6 Å². The van der Waals surface area contributed by atoms with Crippen LogP contribution in [0.25, 0.3) is 0 Å². The highest BCUT2D eigenvalue weighted by atomic mass is 35.5. The first-order valence-corrected chi connectivity index (χ1v) is 11.3.